The van der Waals surface area contributed by atoms with Crippen LogP contribution in [0.3, 0.4) is 0 Å². The zero-order valence-electron chi connectivity index (χ0n) is 10.5. The lowest BCUT2D eigenvalue weighted by molar-refractivity contribution is 0.0564. The Morgan fingerprint density at radius 3 is 2.79 bits per heavy atom. The maximum absolute atomic E-state index is 12.0. The van der Waals surface area contributed by atoms with Gasteiger partial charge >= 0.3 is 6.03 Å². The molecule has 19 heavy (non-hydrogen) atoms. The number of fused-ring (bicyclic) bond motifs is 1. The van der Waals surface area contributed by atoms with Crippen molar-refractivity contribution in [2.45, 2.75) is 0 Å². The van der Waals surface area contributed by atoms with Crippen LogP contribution >= 0.6 is 0 Å². The van der Waals surface area contributed by atoms with Gasteiger partial charge in [0.2, 0.25) is 0 Å². The quantitative estimate of drug-likeness (QED) is 0.851. The molecule has 1 N–H and O–H groups in total. The van der Waals surface area contributed by atoms with Crippen molar-refractivity contribution in [1.29, 1.82) is 0 Å². The molecule has 2 heterocycles. The number of amides is 2. The van der Waals surface area contributed by atoms with Crippen LogP contribution in [0, 0.1) is 0 Å². The SMILES string of the molecule is O=C(Nc1ccc2ccccc2n1)N1CCOCC1. The summed E-state index contributed by atoms with van der Waals surface area (Å²) in [4.78, 5) is 18.2. The molecule has 0 saturated carbocycles. The third-order valence-electron chi connectivity index (χ3n) is 3.13. The Morgan fingerprint density at radius 2 is 1.95 bits per heavy atom. The number of carbonyl (C=O) groups excluding carboxylic acids is 1. The maximum Gasteiger partial charge on any atom is 0.323 e. The summed E-state index contributed by atoms with van der Waals surface area (Å²) in [5.74, 6) is 0.579. The van der Waals surface area contributed by atoms with Gasteiger partial charge in [0.25, 0.3) is 0 Å². The molecule has 2 amide bonds. The number of hydrogen-bond donors (Lipinski definition) is 1. The number of anilines is 1. The summed E-state index contributed by atoms with van der Waals surface area (Å²) in [5.41, 5.74) is 0.877. The highest BCUT2D eigenvalue weighted by molar-refractivity contribution is 5.90. The first-order valence-corrected chi connectivity index (χ1v) is 6.32. The summed E-state index contributed by atoms with van der Waals surface area (Å²) in [6.07, 6.45) is 0. The van der Waals surface area contributed by atoms with Crippen molar-refractivity contribution in [2.75, 3.05) is 31.6 Å². The van der Waals surface area contributed by atoms with Crippen molar-refractivity contribution < 1.29 is 9.53 Å². The Kier molecular flexibility index (Phi) is 3.29. The number of pyridine rings is 1. The molecule has 2 aromatic rings. The second kappa shape index (κ2) is 5.24. The van der Waals surface area contributed by atoms with Crippen molar-refractivity contribution >= 4 is 22.8 Å². The molecule has 0 atom stereocenters. The first kappa shape index (κ1) is 11.9. The molecule has 1 fully saturated rings. The van der Waals surface area contributed by atoms with E-state index in [1.165, 1.54) is 0 Å². The van der Waals surface area contributed by atoms with Gasteiger partial charge in [0.05, 0.1) is 18.7 Å². The van der Waals surface area contributed by atoms with Gasteiger partial charge in [0, 0.05) is 18.5 Å². The van der Waals surface area contributed by atoms with Gasteiger partial charge in [0.15, 0.2) is 0 Å². The van der Waals surface area contributed by atoms with Crippen LogP contribution in [-0.4, -0.2) is 42.2 Å². The molecular formula is C14H15N3O2. The minimum atomic E-state index is -0.119. The molecular weight excluding hydrogens is 242 g/mol. The van der Waals surface area contributed by atoms with Crippen LogP contribution < -0.4 is 5.32 Å². The number of hydrogen-bond acceptors (Lipinski definition) is 3. The number of benzene rings is 1. The first-order valence-electron chi connectivity index (χ1n) is 6.32. The lowest BCUT2D eigenvalue weighted by Crippen LogP contribution is -2.43. The minimum absolute atomic E-state index is 0.119. The molecule has 0 spiro atoms. The topological polar surface area (TPSA) is 54.5 Å². The maximum atomic E-state index is 12.0. The molecule has 1 aliphatic rings. The summed E-state index contributed by atoms with van der Waals surface area (Å²) in [7, 11) is 0. The third-order valence-corrected chi connectivity index (χ3v) is 3.13. The normalized spacial score (nSPS) is 15.5. The molecule has 0 radical (unpaired) electrons. The first-order chi connectivity index (χ1) is 9.33. The van der Waals surface area contributed by atoms with E-state index in [0.29, 0.717) is 32.1 Å². The van der Waals surface area contributed by atoms with Crippen molar-refractivity contribution in [3.05, 3.63) is 36.4 Å². The van der Waals surface area contributed by atoms with Gasteiger partial charge in [-0.1, -0.05) is 18.2 Å². The number of nitrogens with one attached hydrogen (secondary N) is 1. The number of morpholine rings is 1. The number of carbonyl (C=O) groups is 1. The lowest BCUT2D eigenvalue weighted by Gasteiger charge is -2.26. The van der Waals surface area contributed by atoms with E-state index in [-0.39, 0.29) is 6.03 Å². The second-order valence-electron chi connectivity index (χ2n) is 4.42. The molecule has 1 saturated heterocycles. The van der Waals surface area contributed by atoms with Crippen LogP contribution in [0.15, 0.2) is 36.4 Å². The van der Waals surface area contributed by atoms with E-state index in [1.807, 2.05) is 36.4 Å². The average molecular weight is 257 g/mol. The number of ether oxygens (including phenoxy) is 1. The molecule has 0 aliphatic carbocycles. The van der Waals surface area contributed by atoms with Crippen molar-refractivity contribution in [2.24, 2.45) is 0 Å². The Bertz CT molecular complexity index is 594. The Hall–Kier alpha value is -2.14. The smallest absolute Gasteiger partial charge is 0.323 e. The van der Waals surface area contributed by atoms with Crippen LogP contribution in [0.2, 0.25) is 0 Å². The summed E-state index contributed by atoms with van der Waals surface area (Å²) >= 11 is 0. The Labute approximate surface area is 111 Å². The Morgan fingerprint density at radius 1 is 1.16 bits per heavy atom. The number of urea groups is 1. The van der Waals surface area contributed by atoms with E-state index < -0.39 is 0 Å². The number of nitrogens with zero attached hydrogens (tertiary/aromatic N) is 2. The highest BCUT2D eigenvalue weighted by Gasteiger charge is 2.16. The van der Waals surface area contributed by atoms with E-state index in [4.69, 9.17) is 4.74 Å². The largest absolute Gasteiger partial charge is 0.378 e. The van der Waals surface area contributed by atoms with Gasteiger partial charge in [-0.3, -0.25) is 5.32 Å². The molecule has 3 rings (SSSR count). The minimum Gasteiger partial charge on any atom is -0.378 e. The monoisotopic (exact) mass is 257 g/mol. The van der Waals surface area contributed by atoms with Crippen molar-refractivity contribution in [1.82, 2.24) is 9.88 Å². The number of para-hydroxylation sites is 1. The molecule has 0 bridgehead atoms. The summed E-state index contributed by atoms with van der Waals surface area (Å²) in [6, 6.07) is 11.5. The molecule has 1 aromatic carbocycles. The summed E-state index contributed by atoms with van der Waals surface area (Å²) < 4.78 is 5.22. The predicted octanol–water partition coefficient (Wildman–Crippen LogP) is 2.10. The fraction of sp³-hybridized carbons (Fsp3) is 0.286. The molecule has 98 valence electrons. The average Bonchev–Trinajstić information content (AvgIpc) is 2.48. The van der Waals surface area contributed by atoms with Gasteiger partial charge in [-0.15, -0.1) is 0 Å². The van der Waals surface area contributed by atoms with Crippen molar-refractivity contribution in [3.8, 4) is 0 Å². The van der Waals surface area contributed by atoms with Crippen LogP contribution in [-0.2, 0) is 4.74 Å². The molecule has 5 heteroatoms. The standard InChI is InChI=1S/C14H15N3O2/c18-14(17-7-9-19-10-8-17)16-13-6-5-11-3-1-2-4-12(11)15-13/h1-6H,7-10H2,(H,15,16,18). The second-order valence-corrected chi connectivity index (χ2v) is 4.42. The summed E-state index contributed by atoms with van der Waals surface area (Å²) in [5, 5.41) is 3.89. The highest BCUT2D eigenvalue weighted by Crippen LogP contribution is 2.15. The summed E-state index contributed by atoms with van der Waals surface area (Å²) in [6.45, 7) is 2.44. The fourth-order valence-corrected chi connectivity index (χ4v) is 2.09. The van der Waals surface area contributed by atoms with Gasteiger partial charge in [0.1, 0.15) is 5.82 Å². The van der Waals surface area contributed by atoms with E-state index >= 15 is 0 Å². The fourth-order valence-electron chi connectivity index (χ4n) is 2.09. The van der Waals surface area contributed by atoms with E-state index in [1.54, 1.807) is 4.90 Å². The lowest BCUT2D eigenvalue weighted by atomic mass is 10.2. The predicted molar refractivity (Wildman–Crippen MR) is 73.2 cm³/mol. The zero-order valence-corrected chi connectivity index (χ0v) is 10.5. The number of aromatic nitrogens is 1. The van der Waals surface area contributed by atoms with E-state index in [0.717, 1.165) is 10.9 Å². The van der Waals surface area contributed by atoms with Gasteiger partial charge < -0.3 is 9.64 Å². The van der Waals surface area contributed by atoms with Gasteiger partial charge in [-0.05, 0) is 18.2 Å². The van der Waals surface area contributed by atoms with Crippen LogP contribution in [0.5, 0.6) is 0 Å². The van der Waals surface area contributed by atoms with E-state index in [2.05, 4.69) is 10.3 Å². The third kappa shape index (κ3) is 2.66. The molecule has 1 aromatic heterocycles. The highest BCUT2D eigenvalue weighted by atomic mass is 16.5. The van der Waals surface area contributed by atoms with Gasteiger partial charge in [-0.25, -0.2) is 9.78 Å². The van der Waals surface area contributed by atoms with Crippen LogP contribution in [0.4, 0.5) is 10.6 Å². The zero-order chi connectivity index (χ0) is 13.1. The molecule has 5 nitrogen and oxygen atoms in total. The van der Waals surface area contributed by atoms with Crippen molar-refractivity contribution in [3.63, 3.8) is 0 Å². The Balaban J connectivity index is 1.75. The number of rotatable bonds is 1. The van der Waals surface area contributed by atoms with Crippen LogP contribution in [0.25, 0.3) is 10.9 Å². The van der Waals surface area contributed by atoms with E-state index in [9.17, 15) is 4.79 Å². The molecule has 1 aliphatic heterocycles. The molecule has 0 unspecified atom stereocenters. The van der Waals surface area contributed by atoms with Crippen LogP contribution in [0.1, 0.15) is 0 Å². The van der Waals surface area contributed by atoms with Gasteiger partial charge in [-0.2, -0.15) is 0 Å².